The number of amides is 1. The average molecular weight is 286 g/mol. The van der Waals surface area contributed by atoms with Crippen molar-refractivity contribution in [1.29, 1.82) is 0 Å². The van der Waals surface area contributed by atoms with Crippen molar-refractivity contribution in [3.63, 3.8) is 0 Å². The number of benzene rings is 2. The van der Waals surface area contributed by atoms with Crippen LogP contribution >= 0.6 is 0 Å². The van der Waals surface area contributed by atoms with Gasteiger partial charge in [-0.2, -0.15) is 0 Å². The molecule has 0 bridgehead atoms. The molecule has 2 aromatic carbocycles. The van der Waals surface area contributed by atoms with Crippen molar-refractivity contribution in [2.75, 3.05) is 12.8 Å². The van der Waals surface area contributed by atoms with Crippen molar-refractivity contribution in [2.24, 2.45) is 5.73 Å². The number of primary amides is 1. The summed E-state index contributed by atoms with van der Waals surface area (Å²) in [6.07, 6.45) is 0. The van der Waals surface area contributed by atoms with Gasteiger partial charge >= 0.3 is 0 Å². The zero-order chi connectivity index (χ0) is 15.4. The SMILES string of the molecule is COc1ccc(OCc2ccc(C(N)=O)cc2C)cc1N. The first-order valence-corrected chi connectivity index (χ1v) is 6.47. The van der Waals surface area contributed by atoms with Gasteiger partial charge in [0.25, 0.3) is 0 Å². The third-order valence-corrected chi connectivity index (χ3v) is 3.22. The number of aryl methyl sites for hydroxylation is 1. The zero-order valence-electron chi connectivity index (χ0n) is 12.1. The van der Waals surface area contributed by atoms with Crippen molar-refractivity contribution in [1.82, 2.24) is 0 Å². The Labute approximate surface area is 123 Å². The fraction of sp³-hybridized carbons (Fsp3) is 0.188. The molecule has 1 amide bonds. The predicted octanol–water partition coefficient (Wildman–Crippen LogP) is 2.26. The van der Waals surface area contributed by atoms with Gasteiger partial charge in [0.05, 0.1) is 12.8 Å². The van der Waals surface area contributed by atoms with Crippen LogP contribution in [-0.2, 0) is 6.61 Å². The highest BCUT2D eigenvalue weighted by atomic mass is 16.5. The fourth-order valence-corrected chi connectivity index (χ4v) is 1.97. The molecule has 4 N–H and O–H groups in total. The molecule has 5 nitrogen and oxygen atoms in total. The van der Waals surface area contributed by atoms with Crippen LogP contribution in [0, 0.1) is 6.92 Å². The molecular weight excluding hydrogens is 268 g/mol. The van der Waals surface area contributed by atoms with E-state index in [1.807, 2.05) is 13.0 Å². The van der Waals surface area contributed by atoms with Gasteiger partial charge in [-0.25, -0.2) is 0 Å². The van der Waals surface area contributed by atoms with E-state index in [0.29, 0.717) is 29.4 Å². The molecule has 0 heterocycles. The summed E-state index contributed by atoms with van der Waals surface area (Å²) in [6, 6.07) is 10.5. The van der Waals surface area contributed by atoms with Crippen molar-refractivity contribution >= 4 is 11.6 Å². The van der Waals surface area contributed by atoms with Crippen molar-refractivity contribution in [2.45, 2.75) is 13.5 Å². The Balaban J connectivity index is 2.09. The number of nitrogen functional groups attached to an aromatic ring is 1. The number of hydrogen-bond donors (Lipinski definition) is 2. The quantitative estimate of drug-likeness (QED) is 0.825. The molecule has 21 heavy (non-hydrogen) atoms. The maximum atomic E-state index is 11.1. The monoisotopic (exact) mass is 286 g/mol. The molecule has 0 saturated carbocycles. The molecule has 0 aromatic heterocycles. The molecule has 0 unspecified atom stereocenters. The van der Waals surface area contributed by atoms with E-state index in [9.17, 15) is 4.79 Å². The van der Waals surface area contributed by atoms with Gasteiger partial charge in [0, 0.05) is 11.6 Å². The summed E-state index contributed by atoms with van der Waals surface area (Å²) in [4.78, 5) is 11.1. The Bertz CT molecular complexity index is 669. The molecule has 110 valence electrons. The number of nitrogens with two attached hydrogens (primary N) is 2. The molecular formula is C16H18N2O3. The third-order valence-electron chi connectivity index (χ3n) is 3.22. The van der Waals surface area contributed by atoms with E-state index in [0.717, 1.165) is 11.1 Å². The molecule has 0 aliphatic carbocycles. The lowest BCUT2D eigenvalue weighted by molar-refractivity contribution is 0.1000. The number of anilines is 1. The minimum absolute atomic E-state index is 0.386. The van der Waals surface area contributed by atoms with Crippen LogP contribution < -0.4 is 20.9 Å². The van der Waals surface area contributed by atoms with E-state index < -0.39 is 5.91 Å². The zero-order valence-corrected chi connectivity index (χ0v) is 12.1. The van der Waals surface area contributed by atoms with Gasteiger partial charge in [-0.15, -0.1) is 0 Å². The predicted molar refractivity (Wildman–Crippen MR) is 81.4 cm³/mol. The van der Waals surface area contributed by atoms with E-state index in [2.05, 4.69) is 0 Å². The standard InChI is InChI=1S/C16H18N2O3/c1-10-7-11(16(18)19)3-4-12(10)9-21-13-5-6-15(20-2)14(17)8-13/h3-8H,9,17H2,1-2H3,(H2,18,19). The van der Waals surface area contributed by atoms with Crippen LogP contribution in [0.4, 0.5) is 5.69 Å². The van der Waals surface area contributed by atoms with Crippen LogP contribution in [0.1, 0.15) is 21.5 Å². The second kappa shape index (κ2) is 6.17. The second-order valence-electron chi connectivity index (χ2n) is 4.70. The van der Waals surface area contributed by atoms with Gasteiger partial charge in [0.15, 0.2) is 0 Å². The molecule has 0 aliphatic heterocycles. The average Bonchev–Trinajstić information content (AvgIpc) is 2.46. The number of methoxy groups -OCH3 is 1. The first-order valence-electron chi connectivity index (χ1n) is 6.47. The van der Waals surface area contributed by atoms with Crippen molar-refractivity contribution in [3.05, 3.63) is 53.1 Å². The van der Waals surface area contributed by atoms with E-state index in [4.69, 9.17) is 20.9 Å². The summed E-state index contributed by atoms with van der Waals surface area (Å²) in [5.74, 6) is 0.838. The summed E-state index contributed by atoms with van der Waals surface area (Å²) in [5, 5.41) is 0. The smallest absolute Gasteiger partial charge is 0.248 e. The van der Waals surface area contributed by atoms with E-state index in [1.165, 1.54) is 0 Å². The minimum Gasteiger partial charge on any atom is -0.495 e. The summed E-state index contributed by atoms with van der Waals surface area (Å²) in [7, 11) is 1.57. The maximum absolute atomic E-state index is 11.1. The Kier molecular flexibility index (Phi) is 4.33. The summed E-state index contributed by atoms with van der Waals surface area (Å²) < 4.78 is 10.8. The molecule has 0 spiro atoms. The lowest BCUT2D eigenvalue weighted by Crippen LogP contribution is -2.11. The molecule has 2 rings (SSSR count). The lowest BCUT2D eigenvalue weighted by atomic mass is 10.1. The van der Waals surface area contributed by atoms with Crippen LogP contribution in [0.3, 0.4) is 0 Å². The van der Waals surface area contributed by atoms with Gasteiger partial charge in [0.2, 0.25) is 5.91 Å². The fourth-order valence-electron chi connectivity index (χ4n) is 1.97. The Morgan fingerprint density at radius 2 is 1.95 bits per heavy atom. The van der Waals surface area contributed by atoms with Gasteiger partial charge in [-0.1, -0.05) is 6.07 Å². The topological polar surface area (TPSA) is 87.6 Å². The minimum atomic E-state index is -0.437. The highest BCUT2D eigenvalue weighted by molar-refractivity contribution is 5.93. The number of rotatable bonds is 5. The molecule has 0 atom stereocenters. The summed E-state index contributed by atoms with van der Waals surface area (Å²) in [5.41, 5.74) is 14.0. The molecule has 0 fully saturated rings. The highest BCUT2D eigenvalue weighted by Gasteiger charge is 2.06. The van der Waals surface area contributed by atoms with Crippen LogP contribution in [0.25, 0.3) is 0 Å². The normalized spacial score (nSPS) is 10.2. The molecule has 0 saturated heterocycles. The van der Waals surface area contributed by atoms with E-state index in [-0.39, 0.29) is 0 Å². The summed E-state index contributed by atoms with van der Waals surface area (Å²) in [6.45, 7) is 2.30. The molecule has 2 aromatic rings. The number of carbonyl (C=O) groups excluding carboxylic acids is 1. The van der Waals surface area contributed by atoms with Crippen LogP contribution in [0.15, 0.2) is 36.4 Å². The number of carbonyl (C=O) groups is 1. The number of hydrogen-bond acceptors (Lipinski definition) is 4. The van der Waals surface area contributed by atoms with Crippen molar-refractivity contribution in [3.8, 4) is 11.5 Å². The molecule has 0 radical (unpaired) electrons. The first-order chi connectivity index (χ1) is 10.0. The summed E-state index contributed by atoms with van der Waals surface area (Å²) >= 11 is 0. The van der Waals surface area contributed by atoms with Gasteiger partial charge in [0.1, 0.15) is 18.1 Å². The molecule has 0 aliphatic rings. The van der Waals surface area contributed by atoms with Gasteiger partial charge in [-0.3, -0.25) is 4.79 Å². The van der Waals surface area contributed by atoms with Crippen LogP contribution in [-0.4, -0.2) is 13.0 Å². The Morgan fingerprint density at radius 1 is 1.19 bits per heavy atom. The maximum Gasteiger partial charge on any atom is 0.248 e. The lowest BCUT2D eigenvalue weighted by Gasteiger charge is -2.11. The third kappa shape index (κ3) is 3.45. The highest BCUT2D eigenvalue weighted by Crippen LogP contribution is 2.26. The Morgan fingerprint density at radius 3 is 2.52 bits per heavy atom. The van der Waals surface area contributed by atoms with Gasteiger partial charge < -0.3 is 20.9 Å². The van der Waals surface area contributed by atoms with Gasteiger partial charge in [-0.05, 0) is 42.3 Å². The largest absolute Gasteiger partial charge is 0.495 e. The van der Waals surface area contributed by atoms with E-state index >= 15 is 0 Å². The Hall–Kier alpha value is -2.69. The first kappa shape index (κ1) is 14.7. The van der Waals surface area contributed by atoms with Crippen LogP contribution in [0.5, 0.6) is 11.5 Å². The van der Waals surface area contributed by atoms with Crippen molar-refractivity contribution < 1.29 is 14.3 Å². The van der Waals surface area contributed by atoms with Crippen LogP contribution in [0.2, 0.25) is 0 Å². The molecule has 5 heteroatoms. The number of ether oxygens (including phenoxy) is 2. The second-order valence-corrected chi connectivity index (χ2v) is 4.70. The van der Waals surface area contributed by atoms with E-state index in [1.54, 1.807) is 37.4 Å².